The molecule has 2 aromatic rings. The Morgan fingerprint density at radius 2 is 1.80 bits per heavy atom. The Kier molecular flexibility index (Phi) is 9.61. The van der Waals surface area contributed by atoms with E-state index in [1.807, 2.05) is 24.3 Å². The SMILES string of the molecule is CC(C(=O)NC1CCCCC1)N(Cc1cccc(Br)c1)C(=O)CN(c1ccccc1Cl)S(C)(=O)=O. The highest BCUT2D eigenvalue weighted by Crippen LogP contribution is 2.27. The van der Waals surface area contributed by atoms with Gasteiger partial charge in [0.2, 0.25) is 21.8 Å². The molecule has 0 heterocycles. The van der Waals surface area contributed by atoms with Gasteiger partial charge in [0, 0.05) is 17.1 Å². The van der Waals surface area contributed by atoms with Gasteiger partial charge in [-0.05, 0) is 49.6 Å². The molecular formula is C25H31BrClN3O4S. The Morgan fingerprint density at radius 1 is 1.11 bits per heavy atom. The molecule has 0 aromatic heterocycles. The molecule has 0 bridgehead atoms. The number of amides is 2. The Balaban J connectivity index is 1.88. The number of rotatable bonds is 9. The number of para-hydroxylation sites is 1. The first-order chi connectivity index (χ1) is 16.6. The lowest BCUT2D eigenvalue weighted by Crippen LogP contribution is -2.53. The molecule has 1 saturated carbocycles. The van der Waals surface area contributed by atoms with Crippen LogP contribution in [0.3, 0.4) is 0 Å². The van der Waals surface area contributed by atoms with E-state index < -0.39 is 28.5 Å². The topological polar surface area (TPSA) is 86.8 Å². The van der Waals surface area contributed by atoms with Crippen molar-refractivity contribution in [3.8, 4) is 0 Å². The first-order valence-electron chi connectivity index (χ1n) is 11.6. The molecule has 0 saturated heterocycles. The van der Waals surface area contributed by atoms with Crippen LogP contribution in [-0.4, -0.2) is 50.0 Å². The van der Waals surface area contributed by atoms with E-state index in [2.05, 4.69) is 21.2 Å². The highest BCUT2D eigenvalue weighted by Gasteiger charge is 2.31. The fraction of sp³-hybridized carbons (Fsp3) is 0.440. The minimum atomic E-state index is -3.82. The maximum absolute atomic E-state index is 13.6. The average Bonchev–Trinajstić information content (AvgIpc) is 2.81. The van der Waals surface area contributed by atoms with E-state index in [1.165, 1.54) is 11.3 Å². The van der Waals surface area contributed by atoms with Crippen LogP contribution in [0, 0.1) is 0 Å². The highest BCUT2D eigenvalue weighted by atomic mass is 79.9. The molecular weight excluding hydrogens is 554 g/mol. The van der Waals surface area contributed by atoms with Crippen molar-refractivity contribution in [2.24, 2.45) is 0 Å². The van der Waals surface area contributed by atoms with Gasteiger partial charge in [0.1, 0.15) is 12.6 Å². The maximum atomic E-state index is 13.6. The van der Waals surface area contributed by atoms with Crippen LogP contribution in [0.25, 0.3) is 0 Å². The van der Waals surface area contributed by atoms with E-state index in [1.54, 1.807) is 31.2 Å². The quantitative estimate of drug-likeness (QED) is 0.462. The van der Waals surface area contributed by atoms with Crippen LogP contribution in [0.4, 0.5) is 5.69 Å². The molecule has 7 nitrogen and oxygen atoms in total. The summed E-state index contributed by atoms with van der Waals surface area (Å²) in [5.74, 6) is -0.745. The van der Waals surface area contributed by atoms with Gasteiger partial charge in [-0.15, -0.1) is 0 Å². The van der Waals surface area contributed by atoms with Crippen molar-refractivity contribution >= 4 is 55.1 Å². The van der Waals surface area contributed by atoms with Gasteiger partial charge in [-0.25, -0.2) is 8.42 Å². The van der Waals surface area contributed by atoms with Crippen LogP contribution >= 0.6 is 27.5 Å². The Morgan fingerprint density at radius 3 is 2.43 bits per heavy atom. The van der Waals surface area contributed by atoms with Crippen LogP contribution in [0.2, 0.25) is 5.02 Å². The molecule has 1 unspecified atom stereocenters. The van der Waals surface area contributed by atoms with E-state index in [0.717, 1.165) is 46.3 Å². The van der Waals surface area contributed by atoms with E-state index in [-0.39, 0.29) is 29.2 Å². The second-order valence-corrected chi connectivity index (χ2v) is 12.1. The molecule has 3 rings (SSSR count). The van der Waals surface area contributed by atoms with Crippen molar-refractivity contribution in [3.05, 3.63) is 63.6 Å². The van der Waals surface area contributed by atoms with Crippen molar-refractivity contribution in [3.63, 3.8) is 0 Å². The predicted octanol–water partition coefficient (Wildman–Crippen LogP) is 4.73. The number of carbonyl (C=O) groups excluding carboxylic acids is 2. The molecule has 10 heteroatoms. The van der Waals surface area contributed by atoms with Gasteiger partial charge in [-0.1, -0.05) is 71.1 Å². The number of nitrogens with one attached hydrogen (secondary N) is 1. The number of sulfonamides is 1. The van der Waals surface area contributed by atoms with Gasteiger partial charge in [0.15, 0.2) is 0 Å². The number of carbonyl (C=O) groups is 2. The predicted molar refractivity (Wildman–Crippen MR) is 143 cm³/mol. The summed E-state index contributed by atoms with van der Waals surface area (Å²) in [7, 11) is -3.82. The van der Waals surface area contributed by atoms with Gasteiger partial charge in [-0.2, -0.15) is 0 Å². The smallest absolute Gasteiger partial charge is 0.244 e. The zero-order chi connectivity index (χ0) is 25.6. The van der Waals surface area contributed by atoms with Crippen molar-refractivity contribution < 1.29 is 18.0 Å². The largest absolute Gasteiger partial charge is 0.352 e. The lowest BCUT2D eigenvalue weighted by atomic mass is 9.95. The second-order valence-electron chi connectivity index (χ2n) is 8.89. The number of anilines is 1. The number of hydrogen-bond acceptors (Lipinski definition) is 4. The zero-order valence-electron chi connectivity index (χ0n) is 19.9. The summed E-state index contributed by atoms with van der Waals surface area (Å²) in [6.45, 7) is 1.35. The van der Waals surface area contributed by atoms with Crippen LogP contribution < -0.4 is 9.62 Å². The lowest BCUT2D eigenvalue weighted by molar-refractivity contribution is -0.139. The molecule has 1 fully saturated rings. The van der Waals surface area contributed by atoms with Gasteiger partial charge in [0.25, 0.3) is 0 Å². The third-order valence-electron chi connectivity index (χ3n) is 6.16. The molecule has 1 aliphatic rings. The highest BCUT2D eigenvalue weighted by molar-refractivity contribution is 9.10. The summed E-state index contributed by atoms with van der Waals surface area (Å²) in [6, 6.07) is 13.2. The van der Waals surface area contributed by atoms with Gasteiger partial charge < -0.3 is 10.2 Å². The molecule has 0 spiro atoms. The normalized spacial score (nSPS) is 15.3. The molecule has 1 aliphatic carbocycles. The summed E-state index contributed by atoms with van der Waals surface area (Å²) < 4.78 is 27.1. The summed E-state index contributed by atoms with van der Waals surface area (Å²) in [4.78, 5) is 28.2. The fourth-order valence-electron chi connectivity index (χ4n) is 4.23. The van der Waals surface area contributed by atoms with Gasteiger partial charge >= 0.3 is 0 Å². The van der Waals surface area contributed by atoms with E-state index in [0.29, 0.717) is 0 Å². The van der Waals surface area contributed by atoms with E-state index in [9.17, 15) is 18.0 Å². The number of hydrogen-bond donors (Lipinski definition) is 1. The summed E-state index contributed by atoms with van der Waals surface area (Å²) in [5, 5.41) is 3.30. The number of nitrogens with zero attached hydrogens (tertiary/aromatic N) is 2. The molecule has 1 N–H and O–H groups in total. The van der Waals surface area contributed by atoms with Crippen LogP contribution in [0.1, 0.15) is 44.6 Å². The minimum absolute atomic E-state index is 0.0946. The summed E-state index contributed by atoms with van der Waals surface area (Å²) >= 11 is 9.70. The first-order valence-corrected chi connectivity index (χ1v) is 14.6. The lowest BCUT2D eigenvalue weighted by Gasteiger charge is -2.33. The van der Waals surface area contributed by atoms with Crippen LogP contribution in [0.15, 0.2) is 53.0 Å². The van der Waals surface area contributed by atoms with Gasteiger partial charge in [-0.3, -0.25) is 13.9 Å². The van der Waals surface area contributed by atoms with Gasteiger partial charge in [0.05, 0.1) is 17.0 Å². The molecule has 1 atom stereocenters. The van der Waals surface area contributed by atoms with Crippen molar-refractivity contribution in [1.82, 2.24) is 10.2 Å². The van der Waals surface area contributed by atoms with Crippen LogP contribution in [-0.2, 0) is 26.2 Å². The number of benzene rings is 2. The summed E-state index contributed by atoms with van der Waals surface area (Å²) in [5.41, 5.74) is 1.03. The first kappa shape index (κ1) is 27.5. The molecule has 2 aromatic carbocycles. The monoisotopic (exact) mass is 583 g/mol. The standard InChI is InChI=1S/C25H31BrClN3O4S/c1-18(25(32)28-21-11-4-3-5-12-21)29(16-19-9-8-10-20(26)15-19)24(31)17-30(35(2,33)34)23-14-7-6-13-22(23)27/h6-10,13-15,18,21H,3-5,11-12,16-17H2,1-2H3,(H,28,32). The molecule has 2 amide bonds. The Bertz CT molecular complexity index is 1150. The van der Waals surface area contributed by atoms with Crippen LogP contribution in [0.5, 0.6) is 0 Å². The molecule has 0 aliphatic heterocycles. The molecule has 190 valence electrons. The fourth-order valence-corrected chi connectivity index (χ4v) is 5.83. The Hall–Kier alpha value is -2.10. The summed E-state index contributed by atoms with van der Waals surface area (Å²) in [6.07, 6.45) is 6.18. The molecule has 35 heavy (non-hydrogen) atoms. The zero-order valence-corrected chi connectivity index (χ0v) is 23.1. The second kappa shape index (κ2) is 12.2. The minimum Gasteiger partial charge on any atom is -0.352 e. The van der Waals surface area contributed by atoms with Crippen molar-refractivity contribution in [1.29, 1.82) is 0 Å². The number of halogens is 2. The van der Waals surface area contributed by atoms with E-state index >= 15 is 0 Å². The third kappa shape index (κ3) is 7.69. The molecule has 0 radical (unpaired) electrons. The average molecular weight is 585 g/mol. The van der Waals surface area contributed by atoms with Crippen molar-refractivity contribution in [2.75, 3.05) is 17.1 Å². The van der Waals surface area contributed by atoms with Crippen molar-refractivity contribution in [2.45, 2.75) is 57.7 Å². The Labute approximate surface area is 221 Å². The third-order valence-corrected chi connectivity index (χ3v) is 8.10. The van der Waals surface area contributed by atoms with E-state index in [4.69, 9.17) is 11.6 Å². The maximum Gasteiger partial charge on any atom is 0.244 e.